The minimum absolute atomic E-state index is 0.0215. The summed E-state index contributed by atoms with van der Waals surface area (Å²) in [5, 5.41) is 0. The smallest absolute Gasteiger partial charge is 0.370 e. The number of aliphatic imine (C=N–C) groups is 2. The molecule has 0 aliphatic rings. The van der Waals surface area contributed by atoms with Gasteiger partial charge in [0, 0.05) is 4.47 Å². The summed E-state index contributed by atoms with van der Waals surface area (Å²) in [6.45, 7) is 0. The van der Waals surface area contributed by atoms with Crippen LogP contribution in [0, 0.1) is 5.82 Å². The lowest BCUT2D eigenvalue weighted by atomic mass is 10.2. The van der Waals surface area contributed by atoms with Gasteiger partial charge >= 0.3 is 6.18 Å². The molecular formula is C9H8BrF4N5. The van der Waals surface area contributed by atoms with Crippen LogP contribution in [-0.4, -0.2) is 11.9 Å². The van der Waals surface area contributed by atoms with Crippen molar-refractivity contribution in [3.63, 3.8) is 0 Å². The van der Waals surface area contributed by atoms with Crippen LogP contribution in [0.2, 0.25) is 0 Å². The van der Waals surface area contributed by atoms with Gasteiger partial charge in [-0.15, -0.1) is 0 Å². The van der Waals surface area contributed by atoms with E-state index in [2.05, 4.69) is 25.9 Å². The third-order valence-electron chi connectivity index (χ3n) is 1.82. The van der Waals surface area contributed by atoms with E-state index >= 15 is 0 Å². The van der Waals surface area contributed by atoms with Gasteiger partial charge in [0.1, 0.15) is 5.82 Å². The first-order valence-electron chi connectivity index (χ1n) is 4.61. The first-order chi connectivity index (χ1) is 8.61. The second kappa shape index (κ2) is 5.43. The topological polar surface area (TPSA) is 103 Å². The highest BCUT2D eigenvalue weighted by Crippen LogP contribution is 2.37. The first-order valence-corrected chi connectivity index (χ1v) is 5.40. The summed E-state index contributed by atoms with van der Waals surface area (Å²) in [7, 11) is 0. The van der Waals surface area contributed by atoms with Crippen LogP contribution in [0.5, 0.6) is 0 Å². The van der Waals surface area contributed by atoms with Gasteiger partial charge < -0.3 is 17.2 Å². The zero-order valence-corrected chi connectivity index (χ0v) is 10.8. The summed E-state index contributed by atoms with van der Waals surface area (Å²) in [6.07, 6.45) is -4.85. The van der Waals surface area contributed by atoms with Crippen molar-refractivity contribution in [2.45, 2.75) is 6.18 Å². The molecule has 0 bridgehead atoms. The molecule has 0 heterocycles. The molecule has 0 aromatic heterocycles. The highest BCUT2D eigenvalue weighted by atomic mass is 79.9. The maximum atomic E-state index is 13.2. The van der Waals surface area contributed by atoms with Crippen LogP contribution in [0.25, 0.3) is 0 Å². The molecule has 0 amide bonds. The highest BCUT2D eigenvalue weighted by Gasteiger charge is 2.34. The summed E-state index contributed by atoms with van der Waals surface area (Å²) < 4.78 is 50.7. The lowest BCUT2D eigenvalue weighted by molar-refractivity contribution is -0.139. The molecule has 0 saturated heterocycles. The lowest BCUT2D eigenvalue weighted by Gasteiger charge is -2.09. The molecule has 0 unspecified atom stereocenters. The Bertz CT molecular complexity index is 548. The average Bonchev–Trinajstić information content (AvgIpc) is 2.18. The van der Waals surface area contributed by atoms with Gasteiger partial charge in [-0.3, -0.25) is 0 Å². The number of benzene rings is 1. The molecule has 0 aliphatic carbocycles. The summed E-state index contributed by atoms with van der Waals surface area (Å²) in [5.41, 5.74) is 13.6. The summed E-state index contributed by atoms with van der Waals surface area (Å²) >= 11 is 2.86. The number of hydrogen-bond donors (Lipinski definition) is 3. The number of nitrogens with two attached hydrogens (primary N) is 3. The van der Waals surface area contributed by atoms with Crippen molar-refractivity contribution in [2.75, 3.05) is 0 Å². The maximum Gasteiger partial charge on any atom is 0.419 e. The Balaban J connectivity index is 3.34. The highest BCUT2D eigenvalue weighted by molar-refractivity contribution is 9.10. The maximum absolute atomic E-state index is 13.2. The van der Waals surface area contributed by atoms with Crippen molar-refractivity contribution >= 4 is 33.5 Å². The van der Waals surface area contributed by atoms with Crippen molar-refractivity contribution in [3.8, 4) is 0 Å². The first kappa shape index (κ1) is 15.2. The van der Waals surface area contributed by atoms with E-state index in [0.717, 1.165) is 0 Å². The van der Waals surface area contributed by atoms with Gasteiger partial charge in [0.05, 0.1) is 11.3 Å². The quantitative estimate of drug-likeness (QED) is 0.412. The van der Waals surface area contributed by atoms with Crippen LogP contribution >= 0.6 is 15.9 Å². The lowest BCUT2D eigenvalue weighted by Crippen LogP contribution is -2.26. The van der Waals surface area contributed by atoms with Crippen LogP contribution < -0.4 is 17.2 Å². The van der Waals surface area contributed by atoms with Gasteiger partial charge in [0.15, 0.2) is 5.96 Å². The number of halogens is 5. The van der Waals surface area contributed by atoms with Crippen molar-refractivity contribution < 1.29 is 17.6 Å². The molecule has 0 spiro atoms. The average molecular weight is 342 g/mol. The Hall–Kier alpha value is -1.84. The molecule has 0 radical (unpaired) electrons. The Labute approximate surface area is 113 Å². The zero-order valence-electron chi connectivity index (χ0n) is 9.17. The summed E-state index contributed by atoms with van der Waals surface area (Å²) in [4.78, 5) is 6.88. The van der Waals surface area contributed by atoms with Gasteiger partial charge in [-0.1, -0.05) is 0 Å². The molecular weight excluding hydrogens is 334 g/mol. The molecule has 1 aromatic carbocycles. The predicted octanol–water partition coefficient (Wildman–Crippen LogP) is 1.83. The van der Waals surface area contributed by atoms with Gasteiger partial charge in [-0.2, -0.15) is 18.2 Å². The molecule has 104 valence electrons. The van der Waals surface area contributed by atoms with Crippen LogP contribution in [0.3, 0.4) is 0 Å². The minimum Gasteiger partial charge on any atom is -0.370 e. The standard InChI is InChI=1S/C9H8BrF4N5/c10-4-2-5(11)3(9(12,13)14)1-6(4)18-8(17)19-7(15)16/h1-2H,(H6,15,16,17,18,19). The van der Waals surface area contributed by atoms with E-state index in [4.69, 9.17) is 17.2 Å². The monoisotopic (exact) mass is 341 g/mol. The fourth-order valence-electron chi connectivity index (χ4n) is 1.12. The largest absolute Gasteiger partial charge is 0.419 e. The molecule has 0 atom stereocenters. The second-order valence-corrected chi connectivity index (χ2v) is 4.14. The van der Waals surface area contributed by atoms with Gasteiger partial charge in [-0.05, 0) is 28.1 Å². The Morgan fingerprint density at radius 2 is 1.74 bits per heavy atom. The molecule has 6 N–H and O–H groups in total. The molecule has 19 heavy (non-hydrogen) atoms. The second-order valence-electron chi connectivity index (χ2n) is 3.29. The SMILES string of the molecule is NC(N)=NC(N)=Nc1cc(C(F)(F)F)c(F)cc1Br. The fourth-order valence-corrected chi connectivity index (χ4v) is 1.53. The van der Waals surface area contributed by atoms with Crippen LogP contribution in [0.1, 0.15) is 5.56 Å². The zero-order chi connectivity index (χ0) is 14.8. The Kier molecular flexibility index (Phi) is 4.35. The van der Waals surface area contributed by atoms with Crippen LogP contribution in [0.15, 0.2) is 26.6 Å². The van der Waals surface area contributed by atoms with Crippen molar-refractivity contribution in [1.29, 1.82) is 0 Å². The molecule has 0 fully saturated rings. The van der Waals surface area contributed by atoms with Crippen molar-refractivity contribution in [3.05, 3.63) is 28.0 Å². The fraction of sp³-hybridized carbons (Fsp3) is 0.111. The van der Waals surface area contributed by atoms with Crippen LogP contribution in [-0.2, 0) is 6.18 Å². The van der Waals surface area contributed by atoms with E-state index < -0.39 is 29.5 Å². The van der Waals surface area contributed by atoms with Crippen molar-refractivity contribution in [2.24, 2.45) is 27.2 Å². The van der Waals surface area contributed by atoms with E-state index in [1.54, 1.807) is 0 Å². The van der Waals surface area contributed by atoms with Gasteiger partial charge in [-0.25, -0.2) is 9.38 Å². The number of guanidine groups is 2. The van der Waals surface area contributed by atoms with E-state index in [0.29, 0.717) is 12.1 Å². The number of hydrogen-bond acceptors (Lipinski definition) is 1. The number of nitrogens with zero attached hydrogens (tertiary/aromatic N) is 2. The molecule has 0 aliphatic heterocycles. The van der Waals surface area contributed by atoms with Gasteiger partial charge in [0.25, 0.3) is 0 Å². The summed E-state index contributed by atoms with van der Waals surface area (Å²) in [5.74, 6) is -2.30. The Morgan fingerprint density at radius 1 is 1.16 bits per heavy atom. The van der Waals surface area contributed by atoms with E-state index in [1.165, 1.54) is 0 Å². The van der Waals surface area contributed by atoms with E-state index in [-0.39, 0.29) is 10.2 Å². The number of alkyl halides is 3. The minimum atomic E-state index is -4.85. The van der Waals surface area contributed by atoms with E-state index in [9.17, 15) is 17.6 Å². The third kappa shape index (κ3) is 4.09. The van der Waals surface area contributed by atoms with E-state index in [1.807, 2.05) is 0 Å². The molecule has 0 saturated carbocycles. The third-order valence-corrected chi connectivity index (χ3v) is 2.46. The number of rotatable bonds is 1. The molecule has 1 aromatic rings. The van der Waals surface area contributed by atoms with Crippen LogP contribution in [0.4, 0.5) is 23.2 Å². The molecule has 5 nitrogen and oxygen atoms in total. The van der Waals surface area contributed by atoms with Gasteiger partial charge in [0.2, 0.25) is 5.96 Å². The Morgan fingerprint density at radius 3 is 2.21 bits per heavy atom. The summed E-state index contributed by atoms with van der Waals surface area (Å²) in [6, 6.07) is 1.12. The predicted molar refractivity (Wildman–Crippen MR) is 66.2 cm³/mol. The van der Waals surface area contributed by atoms with Crippen molar-refractivity contribution in [1.82, 2.24) is 0 Å². The molecule has 10 heteroatoms. The molecule has 1 rings (SSSR count). The normalized spacial score (nSPS) is 12.4.